The van der Waals surface area contributed by atoms with Crippen LogP contribution in [0.1, 0.15) is 6.42 Å². The number of nitrogens with zero attached hydrogens (tertiary/aromatic N) is 1. The molecule has 0 aromatic carbocycles. The summed E-state index contributed by atoms with van der Waals surface area (Å²) in [6.45, 7) is 0. The van der Waals surface area contributed by atoms with Crippen LogP contribution in [0, 0.1) is 0 Å². The Morgan fingerprint density at radius 1 is 1.78 bits per heavy atom. The molecule has 1 unspecified atom stereocenters. The summed E-state index contributed by atoms with van der Waals surface area (Å²) in [5.74, 6) is 0.118. The topological polar surface area (TPSA) is 40.5 Å². The highest BCUT2D eigenvalue weighted by Gasteiger charge is 2.41. The lowest BCUT2D eigenvalue weighted by Gasteiger charge is -2.34. The van der Waals surface area contributed by atoms with Gasteiger partial charge in [-0.2, -0.15) is 0 Å². The van der Waals surface area contributed by atoms with Gasteiger partial charge in [0.25, 0.3) is 0 Å². The molecular formula is C6H7NO2. The van der Waals surface area contributed by atoms with E-state index in [-0.39, 0.29) is 11.9 Å². The quantitative estimate of drug-likeness (QED) is 0.442. The lowest BCUT2D eigenvalue weighted by molar-refractivity contribution is -0.143. The molecule has 2 aliphatic rings. The van der Waals surface area contributed by atoms with E-state index < -0.39 is 6.10 Å². The summed E-state index contributed by atoms with van der Waals surface area (Å²) >= 11 is 0. The van der Waals surface area contributed by atoms with Gasteiger partial charge in [0.05, 0.1) is 18.6 Å². The summed E-state index contributed by atoms with van der Waals surface area (Å²) in [5, 5.41) is 9.06. The van der Waals surface area contributed by atoms with Crippen LogP contribution < -0.4 is 0 Å². The number of amides is 1. The van der Waals surface area contributed by atoms with Gasteiger partial charge in [0.15, 0.2) is 0 Å². The minimum absolute atomic E-state index is 0.0671. The van der Waals surface area contributed by atoms with Gasteiger partial charge in [-0.25, -0.2) is 0 Å². The lowest BCUT2D eigenvalue weighted by atomic mass is 10.0. The Morgan fingerprint density at radius 3 is 3.00 bits per heavy atom. The molecule has 1 fully saturated rings. The van der Waals surface area contributed by atoms with Crippen molar-refractivity contribution in [3.05, 3.63) is 12.3 Å². The Kier molecular flexibility index (Phi) is 0.754. The number of carbonyl (C=O) groups is 1. The maximum Gasteiger partial charge on any atom is 0.229 e. The molecule has 0 bridgehead atoms. The van der Waals surface area contributed by atoms with E-state index >= 15 is 0 Å². The van der Waals surface area contributed by atoms with Crippen molar-refractivity contribution in [1.29, 1.82) is 0 Å². The Labute approximate surface area is 52.6 Å². The molecule has 0 saturated carbocycles. The van der Waals surface area contributed by atoms with Crippen molar-refractivity contribution in [1.82, 2.24) is 4.90 Å². The van der Waals surface area contributed by atoms with Crippen LogP contribution in [0.3, 0.4) is 0 Å². The van der Waals surface area contributed by atoms with Crippen LogP contribution in [0.5, 0.6) is 0 Å². The third-order valence-electron chi connectivity index (χ3n) is 1.87. The summed E-state index contributed by atoms with van der Waals surface area (Å²) in [7, 11) is 0. The second-order valence-corrected chi connectivity index (χ2v) is 2.40. The SMILES string of the molecule is O=C1C[C@H]2C(O)C=CN12. The largest absolute Gasteiger partial charge is 0.387 e. The first-order chi connectivity index (χ1) is 4.29. The normalized spacial score (nSPS) is 38.8. The molecule has 2 rings (SSSR count). The van der Waals surface area contributed by atoms with Gasteiger partial charge >= 0.3 is 0 Å². The number of rotatable bonds is 0. The Balaban J connectivity index is 2.19. The molecule has 0 radical (unpaired) electrons. The summed E-state index contributed by atoms with van der Waals surface area (Å²) in [4.78, 5) is 12.2. The van der Waals surface area contributed by atoms with Gasteiger partial charge in [-0.1, -0.05) is 0 Å². The zero-order valence-corrected chi connectivity index (χ0v) is 4.82. The maximum atomic E-state index is 10.6. The van der Waals surface area contributed by atoms with E-state index in [1.54, 1.807) is 17.2 Å². The first kappa shape index (κ1) is 4.99. The minimum Gasteiger partial charge on any atom is -0.387 e. The van der Waals surface area contributed by atoms with Gasteiger partial charge in [-0.05, 0) is 6.08 Å². The molecule has 2 heterocycles. The molecule has 3 nitrogen and oxygen atoms in total. The number of aliphatic hydroxyl groups is 1. The average Bonchev–Trinajstić information content (AvgIpc) is 2.07. The number of hydrogen-bond acceptors (Lipinski definition) is 2. The molecule has 0 aromatic heterocycles. The van der Waals surface area contributed by atoms with Crippen molar-refractivity contribution < 1.29 is 9.90 Å². The fourth-order valence-corrected chi connectivity index (χ4v) is 1.24. The summed E-state index contributed by atoms with van der Waals surface area (Å²) in [5.41, 5.74) is 0. The number of fused-ring (bicyclic) bond motifs is 1. The molecule has 2 atom stereocenters. The third-order valence-corrected chi connectivity index (χ3v) is 1.87. The predicted octanol–water partition coefficient (Wildman–Crippen LogP) is -0.524. The van der Waals surface area contributed by atoms with E-state index in [1.807, 2.05) is 0 Å². The highest BCUT2D eigenvalue weighted by molar-refractivity contribution is 5.85. The Bertz CT molecular complexity index is 187. The number of hydrogen-bond donors (Lipinski definition) is 1. The van der Waals surface area contributed by atoms with E-state index in [4.69, 9.17) is 5.11 Å². The number of aliphatic hydroxyl groups excluding tert-OH is 1. The lowest BCUT2D eigenvalue weighted by Crippen LogP contribution is -2.51. The molecule has 0 spiro atoms. The highest BCUT2D eigenvalue weighted by Crippen LogP contribution is 2.27. The third kappa shape index (κ3) is 0.471. The van der Waals surface area contributed by atoms with Crippen molar-refractivity contribution >= 4 is 5.91 Å². The van der Waals surface area contributed by atoms with Gasteiger partial charge in [0, 0.05) is 6.20 Å². The van der Waals surface area contributed by atoms with E-state index in [0.717, 1.165) is 0 Å². The molecule has 1 amide bonds. The fraction of sp³-hybridized carbons (Fsp3) is 0.500. The van der Waals surface area contributed by atoms with Crippen LogP contribution >= 0.6 is 0 Å². The van der Waals surface area contributed by atoms with Gasteiger partial charge in [0.1, 0.15) is 0 Å². The van der Waals surface area contributed by atoms with Crippen molar-refractivity contribution in [3.8, 4) is 0 Å². The molecule has 48 valence electrons. The van der Waals surface area contributed by atoms with Crippen LogP contribution in [0.25, 0.3) is 0 Å². The highest BCUT2D eigenvalue weighted by atomic mass is 16.3. The predicted molar refractivity (Wildman–Crippen MR) is 30.4 cm³/mol. The zero-order chi connectivity index (χ0) is 6.43. The Morgan fingerprint density at radius 2 is 2.56 bits per heavy atom. The molecule has 3 heteroatoms. The van der Waals surface area contributed by atoms with E-state index in [0.29, 0.717) is 6.42 Å². The number of β-lactam (4-membered cyclic amide) rings is 1. The van der Waals surface area contributed by atoms with Crippen LogP contribution in [-0.2, 0) is 4.79 Å². The first-order valence-electron chi connectivity index (χ1n) is 2.96. The van der Waals surface area contributed by atoms with E-state index in [1.165, 1.54) is 0 Å². The standard InChI is InChI=1S/C6H7NO2/c8-5-1-2-7-4(5)3-6(7)9/h1-2,4-5,8H,3H2/t4-,5?/m0/s1. The second-order valence-electron chi connectivity index (χ2n) is 2.40. The monoisotopic (exact) mass is 125 g/mol. The fourth-order valence-electron chi connectivity index (χ4n) is 1.24. The molecular weight excluding hydrogens is 118 g/mol. The van der Waals surface area contributed by atoms with Crippen molar-refractivity contribution in [2.45, 2.75) is 18.6 Å². The molecule has 1 saturated heterocycles. The first-order valence-corrected chi connectivity index (χ1v) is 2.96. The molecule has 0 aromatic rings. The summed E-state index contributed by atoms with van der Waals surface area (Å²) in [6, 6.07) is 0.0671. The van der Waals surface area contributed by atoms with Crippen LogP contribution in [0.4, 0.5) is 0 Å². The molecule has 9 heavy (non-hydrogen) atoms. The van der Waals surface area contributed by atoms with Gasteiger partial charge in [0.2, 0.25) is 5.91 Å². The van der Waals surface area contributed by atoms with Gasteiger partial charge in [-0.3, -0.25) is 4.79 Å². The van der Waals surface area contributed by atoms with Crippen molar-refractivity contribution in [2.24, 2.45) is 0 Å². The van der Waals surface area contributed by atoms with Crippen LogP contribution in [-0.4, -0.2) is 28.1 Å². The maximum absolute atomic E-state index is 10.6. The minimum atomic E-state index is -0.414. The molecule has 0 aliphatic carbocycles. The summed E-state index contributed by atoms with van der Waals surface area (Å²) in [6.07, 6.45) is 3.40. The van der Waals surface area contributed by atoms with E-state index in [9.17, 15) is 4.79 Å². The van der Waals surface area contributed by atoms with Gasteiger partial charge in [-0.15, -0.1) is 0 Å². The van der Waals surface area contributed by atoms with Crippen LogP contribution in [0.2, 0.25) is 0 Å². The molecule has 2 aliphatic heterocycles. The smallest absolute Gasteiger partial charge is 0.229 e. The molecule has 1 N–H and O–H groups in total. The summed E-state index contributed by atoms with van der Waals surface area (Å²) < 4.78 is 0. The van der Waals surface area contributed by atoms with Crippen LogP contribution in [0.15, 0.2) is 12.3 Å². The zero-order valence-electron chi connectivity index (χ0n) is 4.82. The van der Waals surface area contributed by atoms with Crippen molar-refractivity contribution in [2.75, 3.05) is 0 Å². The second kappa shape index (κ2) is 1.36. The van der Waals surface area contributed by atoms with Crippen molar-refractivity contribution in [3.63, 3.8) is 0 Å². The number of carbonyl (C=O) groups excluding carboxylic acids is 1. The van der Waals surface area contributed by atoms with Gasteiger partial charge < -0.3 is 10.0 Å². The Hall–Kier alpha value is -0.830. The average molecular weight is 125 g/mol. The van der Waals surface area contributed by atoms with E-state index in [2.05, 4.69) is 0 Å².